The fraction of sp³-hybridized carbons (Fsp3) is 0.391. The molecule has 3 heterocycles. The number of aromatic nitrogens is 1. The first-order chi connectivity index (χ1) is 17.3. The van der Waals surface area contributed by atoms with Crippen LogP contribution in [0.2, 0.25) is 0 Å². The second-order valence-corrected chi connectivity index (χ2v) is 8.25. The zero-order chi connectivity index (χ0) is 25.8. The zero-order valence-corrected chi connectivity index (χ0v) is 19.3. The summed E-state index contributed by atoms with van der Waals surface area (Å²) in [6, 6.07) is 2.51. The molecule has 11 nitrogen and oxygen atoms in total. The topological polar surface area (TPSA) is 134 Å². The highest BCUT2D eigenvalue weighted by Gasteiger charge is 2.34. The van der Waals surface area contributed by atoms with Crippen LogP contribution in [0, 0.1) is 11.6 Å². The highest BCUT2D eigenvalue weighted by molar-refractivity contribution is 5.90. The molecule has 2 aromatic rings. The number of halogens is 2. The van der Waals surface area contributed by atoms with Gasteiger partial charge in [-0.25, -0.2) is 13.6 Å². The minimum Gasteiger partial charge on any atom is -0.471 e. The lowest BCUT2D eigenvalue weighted by Crippen LogP contribution is -2.51. The van der Waals surface area contributed by atoms with Crippen molar-refractivity contribution in [2.24, 2.45) is 0 Å². The summed E-state index contributed by atoms with van der Waals surface area (Å²) in [4.78, 5) is 38.5. The van der Waals surface area contributed by atoms with E-state index in [9.17, 15) is 19.5 Å². The number of benzene rings is 1. The summed E-state index contributed by atoms with van der Waals surface area (Å²) in [5.41, 5.74) is 0.116. The summed E-state index contributed by atoms with van der Waals surface area (Å²) in [6.07, 6.45) is 1.56. The molecule has 2 aliphatic heterocycles. The molecule has 0 radical (unpaired) electrons. The summed E-state index contributed by atoms with van der Waals surface area (Å²) in [5, 5.41) is 15.3. The van der Waals surface area contributed by atoms with Crippen molar-refractivity contribution in [3.8, 4) is 5.88 Å². The molecule has 0 saturated carbocycles. The van der Waals surface area contributed by atoms with Crippen LogP contribution in [0.15, 0.2) is 35.1 Å². The maximum absolute atomic E-state index is 15.0. The molecule has 1 fully saturated rings. The molecule has 1 aromatic carbocycles. The van der Waals surface area contributed by atoms with Crippen LogP contribution in [0.25, 0.3) is 5.57 Å². The van der Waals surface area contributed by atoms with Gasteiger partial charge in [0.05, 0.1) is 18.8 Å². The smallest absolute Gasteiger partial charge is 0.414 e. The molecular weight excluding hydrogens is 482 g/mol. The van der Waals surface area contributed by atoms with Gasteiger partial charge in [-0.05, 0) is 29.3 Å². The first-order valence-electron chi connectivity index (χ1n) is 11.1. The minimum atomic E-state index is -1.09. The average molecular weight is 506 g/mol. The van der Waals surface area contributed by atoms with Crippen LogP contribution in [0.3, 0.4) is 0 Å². The van der Waals surface area contributed by atoms with Crippen LogP contribution in [-0.4, -0.2) is 78.1 Å². The standard InChI is InChI=1S/C23H24F2N4O7/c1-13(31)26-19(11-30)22(32)28-5-2-14(3-6-28)21-17(24)8-15(9-18(21)25)29-10-16(36-23(29)33)12-34-20-4-7-35-27-20/h2,4,7-9,16,19,30H,3,5-6,10-12H2,1H3,(H,26,31)/t16-,19+/m1/s1. The van der Waals surface area contributed by atoms with Crippen molar-refractivity contribution in [3.63, 3.8) is 0 Å². The lowest BCUT2D eigenvalue weighted by molar-refractivity contribution is -0.136. The molecule has 1 saturated heterocycles. The second kappa shape index (κ2) is 10.7. The minimum absolute atomic E-state index is 0.00278. The van der Waals surface area contributed by atoms with E-state index in [1.165, 1.54) is 30.2 Å². The third-order valence-electron chi connectivity index (χ3n) is 5.74. The number of aliphatic hydroxyl groups excluding tert-OH is 1. The Morgan fingerprint density at radius 3 is 2.67 bits per heavy atom. The number of nitrogens with one attached hydrogen (secondary N) is 1. The van der Waals surface area contributed by atoms with Gasteiger partial charge < -0.3 is 29.3 Å². The van der Waals surface area contributed by atoms with Gasteiger partial charge in [-0.15, -0.1) is 0 Å². The molecule has 1 aromatic heterocycles. The summed E-state index contributed by atoms with van der Waals surface area (Å²) in [6.45, 7) is 0.869. The van der Waals surface area contributed by atoms with E-state index >= 15 is 8.78 Å². The Labute approximate surface area is 204 Å². The molecule has 2 atom stereocenters. The number of carbonyl (C=O) groups excluding carboxylic acids is 3. The van der Waals surface area contributed by atoms with Crippen LogP contribution in [0.1, 0.15) is 18.9 Å². The Morgan fingerprint density at radius 1 is 1.33 bits per heavy atom. The first-order valence-corrected chi connectivity index (χ1v) is 11.1. The Bertz CT molecular complexity index is 1150. The van der Waals surface area contributed by atoms with E-state index in [0.717, 1.165) is 17.0 Å². The fourth-order valence-corrected chi connectivity index (χ4v) is 4.04. The number of amides is 3. The van der Waals surface area contributed by atoms with Crippen LogP contribution in [-0.2, 0) is 14.3 Å². The molecule has 13 heteroatoms. The number of aliphatic hydroxyl groups is 1. The molecule has 3 amide bonds. The van der Waals surface area contributed by atoms with Crippen molar-refractivity contribution >= 4 is 29.2 Å². The normalized spacial score (nSPS) is 18.5. The second-order valence-electron chi connectivity index (χ2n) is 8.25. The van der Waals surface area contributed by atoms with Crippen molar-refractivity contribution in [1.82, 2.24) is 15.4 Å². The fourth-order valence-electron chi connectivity index (χ4n) is 4.04. The molecule has 0 bridgehead atoms. The number of anilines is 1. The van der Waals surface area contributed by atoms with E-state index in [4.69, 9.17) is 9.47 Å². The summed E-state index contributed by atoms with van der Waals surface area (Å²) >= 11 is 0. The van der Waals surface area contributed by atoms with Crippen molar-refractivity contribution in [2.45, 2.75) is 25.5 Å². The quantitative estimate of drug-likeness (QED) is 0.550. The van der Waals surface area contributed by atoms with Gasteiger partial charge in [-0.1, -0.05) is 6.08 Å². The van der Waals surface area contributed by atoms with Crippen molar-refractivity contribution < 1.29 is 42.3 Å². The highest BCUT2D eigenvalue weighted by Crippen LogP contribution is 2.32. The summed E-state index contributed by atoms with van der Waals surface area (Å²) < 4.78 is 45.3. The van der Waals surface area contributed by atoms with E-state index in [-0.39, 0.29) is 49.8 Å². The van der Waals surface area contributed by atoms with Crippen LogP contribution >= 0.6 is 0 Å². The van der Waals surface area contributed by atoms with Gasteiger partial charge in [-0.3, -0.25) is 14.5 Å². The van der Waals surface area contributed by atoms with Gasteiger partial charge in [-0.2, -0.15) is 0 Å². The predicted molar refractivity (Wildman–Crippen MR) is 120 cm³/mol. The zero-order valence-electron chi connectivity index (χ0n) is 19.3. The Balaban J connectivity index is 1.43. The Kier molecular flexibility index (Phi) is 7.48. The number of rotatable bonds is 8. The van der Waals surface area contributed by atoms with Gasteiger partial charge >= 0.3 is 6.09 Å². The molecule has 0 unspecified atom stereocenters. The molecule has 36 heavy (non-hydrogen) atoms. The molecular formula is C23H24F2N4O7. The lowest BCUT2D eigenvalue weighted by atomic mass is 9.97. The third kappa shape index (κ3) is 5.46. The number of cyclic esters (lactones) is 1. The van der Waals surface area contributed by atoms with Crippen LogP contribution in [0.5, 0.6) is 5.88 Å². The van der Waals surface area contributed by atoms with Crippen LogP contribution < -0.4 is 15.0 Å². The van der Waals surface area contributed by atoms with Gasteiger partial charge in [0.2, 0.25) is 11.8 Å². The number of nitrogens with zero attached hydrogens (tertiary/aromatic N) is 3. The number of ether oxygens (including phenoxy) is 2. The van der Waals surface area contributed by atoms with Gasteiger partial charge in [0.1, 0.15) is 30.5 Å². The predicted octanol–water partition coefficient (Wildman–Crippen LogP) is 1.47. The largest absolute Gasteiger partial charge is 0.471 e. The van der Waals surface area contributed by atoms with Gasteiger partial charge in [0, 0.05) is 31.6 Å². The Hall–Kier alpha value is -4.00. The van der Waals surface area contributed by atoms with Gasteiger partial charge in [0.25, 0.3) is 5.88 Å². The highest BCUT2D eigenvalue weighted by atomic mass is 19.1. The van der Waals surface area contributed by atoms with Crippen molar-refractivity contribution in [2.75, 3.05) is 37.7 Å². The van der Waals surface area contributed by atoms with Gasteiger partial charge in [0.15, 0.2) is 6.10 Å². The van der Waals surface area contributed by atoms with E-state index < -0.39 is 48.3 Å². The molecule has 2 N–H and O–H groups in total. The number of hydrogen-bond acceptors (Lipinski definition) is 8. The van der Waals surface area contributed by atoms with E-state index in [1.54, 1.807) is 0 Å². The molecule has 192 valence electrons. The Morgan fingerprint density at radius 2 is 2.08 bits per heavy atom. The van der Waals surface area contributed by atoms with E-state index in [2.05, 4.69) is 15.0 Å². The average Bonchev–Trinajstić information content (AvgIpc) is 3.50. The van der Waals surface area contributed by atoms with Crippen LogP contribution in [0.4, 0.5) is 19.3 Å². The van der Waals surface area contributed by atoms with E-state index in [0.29, 0.717) is 5.57 Å². The summed E-state index contributed by atoms with van der Waals surface area (Å²) in [7, 11) is 0. The first kappa shape index (κ1) is 25.1. The number of carbonyl (C=O) groups is 3. The maximum Gasteiger partial charge on any atom is 0.414 e. The molecule has 2 aliphatic rings. The maximum atomic E-state index is 15.0. The SMILES string of the molecule is CC(=O)N[C@@H](CO)C(=O)N1CC=C(c2c(F)cc(N3C[C@H](COc4ccon4)OC3=O)cc2F)CC1. The molecule has 4 rings (SSSR count). The van der Waals surface area contributed by atoms with E-state index in [1.807, 2.05) is 0 Å². The van der Waals surface area contributed by atoms with Crippen molar-refractivity contribution in [3.05, 3.63) is 47.7 Å². The molecule has 0 aliphatic carbocycles. The lowest BCUT2D eigenvalue weighted by Gasteiger charge is -2.30. The third-order valence-corrected chi connectivity index (χ3v) is 5.74. The summed E-state index contributed by atoms with van der Waals surface area (Å²) in [5.74, 6) is -2.46. The molecule has 0 spiro atoms. The van der Waals surface area contributed by atoms with Crippen molar-refractivity contribution in [1.29, 1.82) is 0 Å². The monoisotopic (exact) mass is 506 g/mol. The number of hydrogen-bond donors (Lipinski definition) is 2.